The third kappa shape index (κ3) is 3.33. The molecule has 0 radical (unpaired) electrons. The van der Waals surface area contributed by atoms with Crippen molar-refractivity contribution in [3.05, 3.63) is 0 Å². The van der Waals surface area contributed by atoms with Crippen LogP contribution in [0.15, 0.2) is 0 Å². The third-order valence-corrected chi connectivity index (χ3v) is 3.59. The lowest BCUT2D eigenvalue weighted by atomic mass is 10.0. The van der Waals surface area contributed by atoms with E-state index in [1.54, 1.807) is 0 Å². The van der Waals surface area contributed by atoms with Gasteiger partial charge in [-0.3, -0.25) is 4.90 Å². The fourth-order valence-corrected chi connectivity index (χ4v) is 2.68. The molecule has 2 aliphatic rings. The van der Waals surface area contributed by atoms with E-state index in [2.05, 4.69) is 10.2 Å². The van der Waals surface area contributed by atoms with E-state index < -0.39 is 0 Å². The minimum Gasteiger partial charge on any atom is -0.450 e. The molecule has 0 aromatic rings. The standard InChI is InChI=1S/C12H23N3O2/c1-2-17-12(16)15-7-3-4-11(10-15)14-8-5-13-6-9-14/h11,13H,2-10H2,1H3. The van der Waals surface area contributed by atoms with E-state index in [0.717, 1.165) is 45.7 Å². The van der Waals surface area contributed by atoms with Crippen LogP contribution in [0.3, 0.4) is 0 Å². The van der Waals surface area contributed by atoms with Crippen LogP contribution in [-0.2, 0) is 4.74 Å². The molecule has 0 bridgehead atoms. The van der Waals surface area contributed by atoms with Gasteiger partial charge in [-0.05, 0) is 19.8 Å². The number of piperidine rings is 1. The summed E-state index contributed by atoms with van der Waals surface area (Å²) in [6.45, 7) is 8.33. The van der Waals surface area contributed by atoms with Gasteiger partial charge in [0.1, 0.15) is 0 Å². The Morgan fingerprint density at radius 2 is 2.12 bits per heavy atom. The third-order valence-electron chi connectivity index (χ3n) is 3.59. The fraction of sp³-hybridized carbons (Fsp3) is 0.917. The van der Waals surface area contributed by atoms with Gasteiger partial charge in [-0.1, -0.05) is 0 Å². The highest BCUT2D eigenvalue weighted by molar-refractivity contribution is 5.67. The van der Waals surface area contributed by atoms with Crippen molar-refractivity contribution in [3.8, 4) is 0 Å². The second-order valence-corrected chi connectivity index (χ2v) is 4.73. The molecule has 2 heterocycles. The van der Waals surface area contributed by atoms with E-state index in [4.69, 9.17) is 4.74 Å². The predicted molar refractivity (Wildman–Crippen MR) is 66.1 cm³/mol. The summed E-state index contributed by atoms with van der Waals surface area (Å²) in [6.07, 6.45) is 2.15. The maximum Gasteiger partial charge on any atom is 0.409 e. The average Bonchev–Trinajstić information content (AvgIpc) is 2.40. The van der Waals surface area contributed by atoms with Crippen molar-refractivity contribution in [2.45, 2.75) is 25.8 Å². The lowest BCUT2D eigenvalue weighted by Gasteiger charge is -2.40. The van der Waals surface area contributed by atoms with Gasteiger partial charge in [-0.25, -0.2) is 4.79 Å². The molecule has 0 spiro atoms. The first-order valence-electron chi connectivity index (χ1n) is 6.67. The van der Waals surface area contributed by atoms with Crippen LogP contribution in [0.2, 0.25) is 0 Å². The van der Waals surface area contributed by atoms with E-state index in [1.807, 2.05) is 11.8 Å². The van der Waals surface area contributed by atoms with E-state index >= 15 is 0 Å². The molecular formula is C12H23N3O2. The van der Waals surface area contributed by atoms with Crippen molar-refractivity contribution in [1.29, 1.82) is 0 Å². The SMILES string of the molecule is CCOC(=O)N1CCCC(N2CCNCC2)C1. The van der Waals surface area contributed by atoms with Gasteiger partial charge in [0.15, 0.2) is 0 Å². The van der Waals surface area contributed by atoms with E-state index in [9.17, 15) is 4.79 Å². The number of carbonyl (C=O) groups excluding carboxylic acids is 1. The molecule has 1 atom stereocenters. The van der Waals surface area contributed by atoms with Crippen LogP contribution in [0.25, 0.3) is 0 Å². The number of rotatable bonds is 2. The molecule has 98 valence electrons. The van der Waals surface area contributed by atoms with Crippen molar-refractivity contribution in [3.63, 3.8) is 0 Å². The maximum atomic E-state index is 11.7. The average molecular weight is 241 g/mol. The number of hydrogen-bond acceptors (Lipinski definition) is 4. The highest BCUT2D eigenvalue weighted by Gasteiger charge is 2.28. The van der Waals surface area contributed by atoms with Crippen molar-refractivity contribution in [2.75, 3.05) is 45.9 Å². The summed E-state index contributed by atoms with van der Waals surface area (Å²) in [5.41, 5.74) is 0. The normalized spacial score (nSPS) is 26.9. The number of nitrogens with zero attached hydrogens (tertiary/aromatic N) is 2. The van der Waals surface area contributed by atoms with Crippen molar-refractivity contribution in [2.24, 2.45) is 0 Å². The molecule has 0 aliphatic carbocycles. The molecule has 1 amide bonds. The summed E-state index contributed by atoms with van der Waals surface area (Å²) in [4.78, 5) is 16.1. The summed E-state index contributed by atoms with van der Waals surface area (Å²) in [7, 11) is 0. The smallest absolute Gasteiger partial charge is 0.409 e. The van der Waals surface area contributed by atoms with Gasteiger partial charge in [0.2, 0.25) is 0 Å². The summed E-state index contributed by atoms with van der Waals surface area (Å²) in [6, 6.07) is 0.523. The molecule has 17 heavy (non-hydrogen) atoms. The Hall–Kier alpha value is -0.810. The number of carbonyl (C=O) groups is 1. The monoisotopic (exact) mass is 241 g/mol. The molecule has 2 saturated heterocycles. The zero-order valence-electron chi connectivity index (χ0n) is 10.7. The van der Waals surface area contributed by atoms with Crippen LogP contribution >= 0.6 is 0 Å². The molecule has 0 aromatic heterocycles. The maximum absolute atomic E-state index is 11.7. The summed E-state index contributed by atoms with van der Waals surface area (Å²) < 4.78 is 5.07. The minimum absolute atomic E-state index is 0.146. The second-order valence-electron chi connectivity index (χ2n) is 4.73. The van der Waals surface area contributed by atoms with E-state index in [0.29, 0.717) is 12.6 Å². The van der Waals surface area contributed by atoms with Gasteiger partial charge in [0.25, 0.3) is 0 Å². The zero-order chi connectivity index (χ0) is 12.1. The van der Waals surface area contributed by atoms with Gasteiger partial charge in [0.05, 0.1) is 6.61 Å². The molecule has 5 nitrogen and oxygen atoms in total. The molecule has 0 saturated carbocycles. The number of likely N-dealkylation sites (tertiary alicyclic amines) is 1. The highest BCUT2D eigenvalue weighted by Crippen LogP contribution is 2.17. The van der Waals surface area contributed by atoms with Crippen LogP contribution in [0, 0.1) is 0 Å². The Kier molecular flexibility index (Phi) is 4.62. The molecule has 5 heteroatoms. The summed E-state index contributed by atoms with van der Waals surface area (Å²) >= 11 is 0. The number of amides is 1. The zero-order valence-corrected chi connectivity index (χ0v) is 10.7. The van der Waals surface area contributed by atoms with E-state index in [-0.39, 0.29) is 6.09 Å². The van der Waals surface area contributed by atoms with Crippen LogP contribution in [0.4, 0.5) is 4.79 Å². The Balaban J connectivity index is 1.85. The van der Waals surface area contributed by atoms with Crippen molar-refractivity contribution in [1.82, 2.24) is 15.1 Å². The Morgan fingerprint density at radius 3 is 2.82 bits per heavy atom. The number of nitrogens with one attached hydrogen (secondary N) is 1. The molecular weight excluding hydrogens is 218 g/mol. The lowest BCUT2D eigenvalue weighted by Crippen LogP contribution is -2.55. The quantitative estimate of drug-likeness (QED) is 0.765. The first-order chi connectivity index (χ1) is 8.31. The van der Waals surface area contributed by atoms with Crippen LogP contribution in [0.5, 0.6) is 0 Å². The number of ether oxygens (including phenoxy) is 1. The van der Waals surface area contributed by atoms with Gasteiger partial charge in [-0.2, -0.15) is 0 Å². The first-order valence-corrected chi connectivity index (χ1v) is 6.67. The molecule has 0 aromatic carbocycles. The number of hydrogen-bond donors (Lipinski definition) is 1. The number of piperazine rings is 1. The molecule has 2 fully saturated rings. The van der Waals surface area contributed by atoms with Crippen molar-refractivity contribution < 1.29 is 9.53 Å². The van der Waals surface area contributed by atoms with E-state index in [1.165, 1.54) is 6.42 Å². The van der Waals surface area contributed by atoms with Crippen LogP contribution in [-0.4, -0.2) is 67.8 Å². The summed E-state index contributed by atoms with van der Waals surface area (Å²) in [5.74, 6) is 0. The Labute approximate surface area is 103 Å². The van der Waals surface area contributed by atoms with Crippen molar-refractivity contribution >= 4 is 6.09 Å². The molecule has 2 rings (SSSR count). The lowest BCUT2D eigenvalue weighted by molar-refractivity contribution is 0.0629. The fourth-order valence-electron chi connectivity index (χ4n) is 2.68. The molecule has 1 unspecified atom stereocenters. The topological polar surface area (TPSA) is 44.8 Å². The molecule has 1 N–H and O–H groups in total. The van der Waals surface area contributed by atoms with Gasteiger partial charge < -0.3 is 15.0 Å². The Morgan fingerprint density at radius 1 is 1.35 bits per heavy atom. The highest BCUT2D eigenvalue weighted by atomic mass is 16.6. The van der Waals surface area contributed by atoms with Crippen LogP contribution < -0.4 is 5.32 Å². The largest absolute Gasteiger partial charge is 0.450 e. The van der Waals surface area contributed by atoms with Crippen LogP contribution in [0.1, 0.15) is 19.8 Å². The van der Waals surface area contributed by atoms with Gasteiger partial charge >= 0.3 is 6.09 Å². The summed E-state index contributed by atoms with van der Waals surface area (Å²) in [5, 5.41) is 3.36. The van der Waals surface area contributed by atoms with Gasteiger partial charge in [-0.15, -0.1) is 0 Å². The Bertz CT molecular complexity index is 254. The predicted octanol–water partition coefficient (Wildman–Crippen LogP) is 0.513. The van der Waals surface area contributed by atoms with Gasteiger partial charge in [0, 0.05) is 45.3 Å². The molecule has 2 aliphatic heterocycles. The second kappa shape index (κ2) is 6.21. The minimum atomic E-state index is -0.146. The first kappa shape index (κ1) is 12.6.